The van der Waals surface area contributed by atoms with Gasteiger partial charge in [0.25, 0.3) is 0 Å². The second-order valence-electron chi connectivity index (χ2n) is 7.66. The average molecular weight is 348 g/mol. The topological polar surface area (TPSA) is 51.2 Å². The second-order valence-corrected chi connectivity index (χ2v) is 7.66. The lowest BCUT2D eigenvalue weighted by Crippen LogP contribution is -2.43. The number of hydrogen-bond acceptors (Lipinski definition) is 5. The number of nitrogens with zero attached hydrogens (tertiary/aromatic N) is 2. The van der Waals surface area contributed by atoms with Crippen molar-refractivity contribution in [1.82, 2.24) is 4.90 Å². The Labute approximate surface area is 149 Å². The van der Waals surface area contributed by atoms with Crippen LogP contribution in [0.25, 0.3) is 0 Å². The predicted molar refractivity (Wildman–Crippen MR) is 96.2 cm³/mol. The van der Waals surface area contributed by atoms with Crippen molar-refractivity contribution in [2.75, 3.05) is 37.8 Å². The first kappa shape index (κ1) is 17.9. The van der Waals surface area contributed by atoms with E-state index in [9.17, 15) is 4.79 Å². The minimum atomic E-state index is -0.497. The van der Waals surface area contributed by atoms with E-state index in [1.54, 1.807) is 4.90 Å². The molecule has 0 saturated carbocycles. The fraction of sp³-hybridized carbons (Fsp3) is 0.632. The summed E-state index contributed by atoms with van der Waals surface area (Å²) in [6.45, 7) is 11.7. The quantitative estimate of drug-likeness (QED) is 0.781. The van der Waals surface area contributed by atoms with Gasteiger partial charge in [-0.3, -0.25) is 0 Å². The number of morpholine rings is 1. The van der Waals surface area contributed by atoms with Crippen LogP contribution in [0.1, 0.15) is 33.3 Å². The van der Waals surface area contributed by atoms with Crippen LogP contribution < -0.4 is 9.64 Å². The van der Waals surface area contributed by atoms with Gasteiger partial charge in [0.1, 0.15) is 18.0 Å². The maximum Gasteiger partial charge on any atom is 0.410 e. The molecule has 0 aliphatic carbocycles. The zero-order valence-corrected chi connectivity index (χ0v) is 15.6. The minimum absolute atomic E-state index is 0.296. The minimum Gasteiger partial charge on any atom is -0.491 e. The number of fused-ring (bicyclic) bond motifs is 1. The number of carbonyl (C=O) groups is 1. The number of hydrogen-bond donors (Lipinski definition) is 0. The fourth-order valence-corrected chi connectivity index (χ4v) is 3.13. The third-order valence-electron chi connectivity index (χ3n) is 4.38. The summed E-state index contributed by atoms with van der Waals surface area (Å²) in [5.74, 6) is 0.849. The van der Waals surface area contributed by atoms with Gasteiger partial charge >= 0.3 is 6.09 Å². The smallest absolute Gasteiger partial charge is 0.410 e. The molecule has 0 spiro atoms. The number of carbonyl (C=O) groups excluding carboxylic acids is 1. The number of benzene rings is 1. The van der Waals surface area contributed by atoms with Gasteiger partial charge in [-0.1, -0.05) is 6.07 Å². The Kier molecular flexibility index (Phi) is 5.08. The van der Waals surface area contributed by atoms with E-state index in [1.807, 2.05) is 20.8 Å². The van der Waals surface area contributed by atoms with Crippen molar-refractivity contribution in [2.24, 2.45) is 0 Å². The van der Waals surface area contributed by atoms with Gasteiger partial charge in [-0.25, -0.2) is 4.79 Å². The normalized spacial score (nSPS) is 21.2. The van der Waals surface area contributed by atoms with Gasteiger partial charge in [0.2, 0.25) is 0 Å². The standard InChI is InChI=1S/C19H28N2O4/c1-14-13-23-9-8-21(14)16-6-5-15-12-20(7-10-24-17(15)11-16)18(22)25-19(2,3)4/h5-6,11,14H,7-10,12-13H2,1-4H3/t14-/m0/s1. The molecule has 2 aliphatic rings. The van der Waals surface area contributed by atoms with Crippen LogP contribution in [0.2, 0.25) is 0 Å². The third kappa shape index (κ3) is 4.37. The SMILES string of the molecule is C[C@H]1COCCN1c1ccc2c(c1)OCCN(C(=O)OC(C)(C)C)C2. The first-order valence-electron chi connectivity index (χ1n) is 8.91. The third-order valence-corrected chi connectivity index (χ3v) is 4.38. The van der Waals surface area contributed by atoms with E-state index in [-0.39, 0.29) is 6.09 Å². The number of ether oxygens (including phenoxy) is 3. The van der Waals surface area contributed by atoms with Crippen molar-refractivity contribution in [2.45, 2.75) is 45.9 Å². The van der Waals surface area contributed by atoms with Crippen molar-refractivity contribution < 1.29 is 19.0 Å². The first-order valence-corrected chi connectivity index (χ1v) is 8.91. The van der Waals surface area contributed by atoms with E-state index in [4.69, 9.17) is 14.2 Å². The molecule has 1 amide bonds. The van der Waals surface area contributed by atoms with Gasteiger partial charge in [0.05, 0.1) is 26.3 Å². The second kappa shape index (κ2) is 7.12. The zero-order valence-electron chi connectivity index (χ0n) is 15.6. The molecule has 1 aromatic rings. The van der Waals surface area contributed by atoms with Crippen LogP contribution in [-0.2, 0) is 16.0 Å². The van der Waals surface area contributed by atoms with Crippen molar-refractivity contribution >= 4 is 11.8 Å². The number of anilines is 1. The van der Waals surface area contributed by atoms with E-state index >= 15 is 0 Å². The molecule has 2 aliphatic heterocycles. The fourth-order valence-electron chi connectivity index (χ4n) is 3.13. The Morgan fingerprint density at radius 3 is 2.76 bits per heavy atom. The molecule has 0 unspecified atom stereocenters. The molecule has 6 heteroatoms. The maximum atomic E-state index is 12.4. The van der Waals surface area contributed by atoms with Crippen LogP contribution in [0, 0.1) is 0 Å². The first-order chi connectivity index (χ1) is 11.8. The molecule has 0 aromatic heterocycles. The molecular weight excluding hydrogens is 320 g/mol. The maximum absolute atomic E-state index is 12.4. The van der Waals surface area contributed by atoms with Crippen LogP contribution in [0.15, 0.2) is 18.2 Å². The Bertz CT molecular complexity index is 626. The highest BCUT2D eigenvalue weighted by molar-refractivity contribution is 5.68. The van der Waals surface area contributed by atoms with Gasteiger partial charge in [-0.2, -0.15) is 0 Å². The van der Waals surface area contributed by atoms with Crippen LogP contribution >= 0.6 is 0 Å². The Hall–Kier alpha value is -1.95. The number of amides is 1. The van der Waals surface area contributed by atoms with Gasteiger partial charge in [-0.15, -0.1) is 0 Å². The van der Waals surface area contributed by atoms with E-state index < -0.39 is 5.60 Å². The molecule has 0 bridgehead atoms. The highest BCUT2D eigenvalue weighted by atomic mass is 16.6. The molecule has 0 N–H and O–H groups in total. The summed E-state index contributed by atoms with van der Waals surface area (Å²) >= 11 is 0. The van der Waals surface area contributed by atoms with Crippen LogP contribution in [-0.4, -0.2) is 55.5 Å². The molecule has 138 valence electrons. The lowest BCUT2D eigenvalue weighted by atomic mass is 10.1. The zero-order chi connectivity index (χ0) is 18.0. The van der Waals surface area contributed by atoms with Crippen molar-refractivity contribution in [3.05, 3.63) is 23.8 Å². The average Bonchev–Trinajstić information content (AvgIpc) is 2.75. The molecule has 2 heterocycles. The molecule has 1 saturated heterocycles. The lowest BCUT2D eigenvalue weighted by molar-refractivity contribution is 0.0225. The highest BCUT2D eigenvalue weighted by Crippen LogP contribution is 2.30. The van der Waals surface area contributed by atoms with Crippen molar-refractivity contribution in [1.29, 1.82) is 0 Å². The molecular formula is C19H28N2O4. The van der Waals surface area contributed by atoms with E-state index in [0.717, 1.165) is 36.8 Å². The van der Waals surface area contributed by atoms with Crippen LogP contribution in [0.4, 0.5) is 10.5 Å². The lowest BCUT2D eigenvalue weighted by Gasteiger charge is -2.35. The summed E-state index contributed by atoms with van der Waals surface area (Å²) < 4.78 is 16.9. The molecule has 0 radical (unpaired) electrons. The van der Waals surface area contributed by atoms with Crippen molar-refractivity contribution in [3.63, 3.8) is 0 Å². The monoisotopic (exact) mass is 348 g/mol. The Morgan fingerprint density at radius 2 is 2.04 bits per heavy atom. The van der Waals surface area contributed by atoms with Gasteiger partial charge in [-0.05, 0) is 33.8 Å². The number of rotatable bonds is 1. The predicted octanol–water partition coefficient (Wildman–Crippen LogP) is 3.04. The molecule has 25 heavy (non-hydrogen) atoms. The largest absolute Gasteiger partial charge is 0.491 e. The Balaban J connectivity index is 1.75. The van der Waals surface area contributed by atoms with Gasteiger partial charge < -0.3 is 24.0 Å². The summed E-state index contributed by atoms with van der Waals surface area (Å²) in [5.41, 5.74) is 1.65. The van der Waals surface area contributed by atoms with E-state index in [1.165, 1.54) is 0 Å². The van der Waals surface area contributed by atoms with E-state index in [2.05, 4.69) is 30.0 Å². The van der Waals surface area contributed by atoms with E-state index in [0.29, 0.717) is 25.7 Å². The van der Waals surface area contributed by atoms with Gasteiger partial charge in [0, 0.05) is 29.9 Å². The van der Waals surface area contributed by atoms with Gasteiger partial charge in [0.15, 0.2) is 0 Å². The molecule has 3 rings (SSSR count). The molecule has 1 aromatic carbocycles. The molecule has 1 atom stereocenters. The summed E-state index contributed by atoms with van der Waals surface area (Å²) in [6.07, 6.45) is -0.296. The summed E-state index contributed by atoms with van der Waals surface area (Å²) in [6, 6.07) is 6.57. The molecule has 6 nitrogen and oxygen atoms in total. The highest BCUT2D eigenvalue weighted by Gasteiger charge is 2.26. The van der Waals surface area contributed by atoms with Crippen molar-refractivity contribution in [3.8, 4) is 5.75 Å². The summed E-state index contributed by atoms with van der Waals surface area (Å²) in [4.78, 5) is 16.4. The summed E-state index contributed by atoms with van der Waals surface area (Å²) in [5, 5.41) is 0. The van der Waals surface area contributed by atoms with Crippen LogP contribution in [0.3, 0.4) is 0 Å². The summed E-state index contributed by atoms with van der Waals surface area (Å²) in [7, 11) is 0. The Morgan fingerprint density at radius 1 is 1.24 bits per heavy atom. The van der Waals surface area contributed by atoms with Crippen LogP contribution in [0.5, 0.6) is 5.75 Å². The molecule has 1 fully saturated rings.